The molecule has 0 saturated heterocycles. The average Bonchev–Trinajstić information content (AvgIpc) is 2.67. The van der Waals surface area contributed by atoms with Crippen molar-refractivity contribution in [1.29, 1.82) is 0 Å². The first-order chi connectivity index (χ1) is 13.7. The van der Waals surface area contributed by atoms with Crippen molar-refractivity contribution in [3.8, 4) is 0 Å². The van der Waals surface area contributed by atoms with Crippen LogP contribution in [-0.4, -0.2) is 36.6 Å². The van der Waals surface area contributed by atoms with Crippen LogP contribution in [-0.2, 0) is 4.74 Å². The molecule has 0 bridgehead atoms. The first kappa shape index (κ1) is 22.4. The third-order valence-corrected chi connectivity index (χ3v) is 4.88. The van der Waals surface area contributed by atoms with Gasteiger partial charge in [-0.2, -0.15) is 0 Å². The van der Waals surface area contributed by atoms with Crippen LogP contribution in [0.5, 0.6) is 0 Å². The number of anilines is 2. The van der Waals surface area contributed by atoms with Crippen molar-refractivity contribution < 1.29 is 14.3 Å². The minimum atomic E-state index is -0.398. The molecule has 29 heavy (non-hydrogen) atoms. The van der Waals surface area contributed by atoms with Crippen LogP contribution in [0, 0.1) is 6.92 Å². The molecule has 1 aromatic heterocycles. The van der Waals surface area contributed by atoms with Crippen molar-refractivity contribution in [3.63, 3.8) is 0 Å². The van der Waals surface area contributed by atoms with E-state index in [1.54, 1.807) is 25.1 Å². The molecule has 1 amide bonds. The van der Waals surface area contributed by atoms with E-state index in [0.29, 0.717) is 16.9 Å². The molecule has 0 unspecified atom stereocenters. The quantitative estimate of drug-likeness (QED) is 0.680. The number of esters is 1. The Morgan fingerprint density at radius 3 is 2.34 bits per heavy atom. The number of carbonyl (C=O) groups is 2. The Hall–Kier alpha value is -2.89. The monoisotopic (exact) mass is 397 g/mol. The number of pyridine rings is 1. The lowest BCUT2D eigenvalue weighted by molar-refractivity contribution is 0.0600. The molecule has 0 aliphatic carbocycles. The van der Waals surface area contributed by atoms with Gasteiger partial charge in [0.15, 0.2) is 0 Å². The lowest BCUT2D eigenvalue weighted by Gasteiger charge is -2.27. The van der Waals surface area contributed by atoms with E-state index in [0.717, 1.165) is 23.5 Å². The minimum Gasteiger partial charge on any atom is -0.465 e. The largest absolute Gasteiger partial charge is 0.465 e. The van der Waals surface area contributed by atoms with Crippen molar-refractivity contribution >= 4 is 23.4 Å². The van der Waals surface area contributed by atoms with Crippen LogP contribution in [0.1, 0.15) is 72.5 Å². The topological polar surface area (TPSA) is 71.5 Å². The van der Waals surface area contributed by atoms with E-state index < -0.39 is 5.97 Å². The van der Waals surface area contributed by atoms with Gasteiger partial charge in [-0.1, -0.05) is 13.8 Å². The number of aromatic nitrogens is 1. The second-order valence-corrected chi connectivity index (χ2v) is 7.65. The maximum atomic E-state index is 12.9. The predicted molar refractivity (Wildman–Crippen MR) is 117 cm³/mol. The van der Waals surface area contributed by atoms with Gasteiger partial charge in [0.05, 0.1) is 12.7 Å². The summed E-state index contributed by atoms with van der Waals surface area (Å²) in [6.45, 7) is 13.1. The summed E-state index contributed by atoms with van der Waals surface area (Å²) in [5, 5.41) is 2.89. The summed E-state index contributed by atoms with van der Waals surface area (Å²) in [6, 6.07) is 9.27. The van der Waals surface area contributed by atoms with E-state index >= 15 is 0 Å². The maximum absolute atomic E-state index is 12.9. The second-order valence-electron chi connectivity index (χ2n) is 7.65. The summed E-state index contributed by atoms with van der Waals surface area (Å²) < 4.78 is 4.77. The van der Waals surface area contributed by atoms with E-state index in [2.05, 4.69) is 55.9 Å². The number of aryl methyl sites for hydroxylation is 1. The third-order valence-electron chi connectivity index (χ3n) is 4.88. The lowest BCUT2D eigenvalue weighted by atomic mass is 10.0. The van der Waals surface area contributed by atoms with Gasteiger partial charge in [0.2, 0.25) is 0 Å². The zero-order valence-electron chi connectivity index (χ0n) is 18.4. The van der Waals surface area contributed by atoms with E-state index in [1.165, 1.54) is 7.11 Å². The lowest BCUT2D eigenvalue weighted by Crippen LogP contribution is -2.32. The van der Waals surface area contributed by atoms with E-state index in [-0.39, 0.29) is 17.9 Å². The first-order valence-electron chi connectivity index (χ1n) is 9.96. The highest BCUT2D eigenvalue weighted by Crippen LogP contribution is 2.24. The molecule has 1 aromatic carbocycles. The molecule has 0 aliphatic rings. The van der Waals surface area contributed by atoms with Crippen LogP contribution in [0.15, 0.2) is 30.3 Å². The van der Waals surface area contributed by atoms with Crippen molar-refractivity contribution in [1.82, 2.24) is 4.98 Å². The van der Waals surface area contributed by atoms with Crippen LogP contribution in [0.3, 0.4) is 0 Å². The highest BCUT2D eigenvalue weighted by atomic mass is 16.5. The number of amides is 1. The number of ether oxygens (including phenoxy) is 1. The van der Waals surface area contributed by atoms with Crippen LogP contribution < -0.4 is 10.2 Å². The Morgan fingerprint density at radius 1 is 1.14 bits per heavy atom. The number of rotatable bonds is 7. The van der Waals surface area contributed by atoms with Gasteiger partial charge >= 0.3 is 5.97 Å². The van der Waals surface area contributed by atoms with Gasteiger partial charge < -0.3 is 15.0 Å². The number of methoxy groups -OCH3 is 1. The molecular weight excluding hydrogens is 366 g/mol. The summed E-state index contributed by atoms with van der Waals surface area (Å²) in [6.07, 6.45) is 0. The van der Waals surface area contributed by atoms with Crippen LogP contribution >= 0.6 is 0 Å². The predicted octanol–water partition coefficient (Wildman–Crippen LogP) is 4.79. The van der Waals surface area contributed by atoms with Gasteiger partial charge in [-0.3, -0.25) is 4.79 Å². The molecule has 0 radical (unpaired) electrons. The number of hydrogen-bond donors (Lipinski definition) is 1. The van der Waals surface area contributed by atoms with Gasteiger partial charge in [-0.05, 0) is 75.1 Å². The number of carbonyl (C=O) groups excluding carboxylic acids is 2. The summed E-state index contributed by atoms with van der Waals surface area (Å²) in [4.78, 5) is 31.5. The van der Waals surface area contributed by atoms with Crippen molar-refractivity contribution in [2.45, 2.75) is 53.5 Å². The first-order valence-corrected chi connectivity index (χ1v) is 9.96. The second kappa shape index (κ2) is 9.54. The zero-order chi connectivity index (χ0) is 21.7. The van der Waals surface area contributed by atoms with Gasteiger partial charge in [0.25, 0.3) is 5.91 Å². The molecule has 1 heterocycles. The normalized spacial score (nSPS) is 10.9. The molecule has 2 rings (SSSR count). The Kier molecular flexibility index (Phi) is 7.37. The van der Waals surface area contributed by atoms with Crippen molar-refractivity contribution in [2.24, 2.45) is 0 Å². The summed E-state index contributed by atoms with van der Waals surface area (Å²) in [5.74, 6) is 0.398. The maximum Gasteiger partial charge on any atom is 0.338 e. The summed E-state index contributed by atoms with van der Waals surface area (Å²) in [5.41, 5.74) is 3.26. The molecule has 2 aromatic rings. The average molecular weight is 398 g/mol. The van der Waals surface area contributed by atoms with Gasteiger partial charge in [-0.25, -0.2) is 9.78 Å². The highest BCUT2D eigenvalue weighted by molar-refractivity contribution is 6.03. The molecule has 0 spiro atoms. The smallest absolute Gasteiger partial charge is 0.338 e. The Labute approximate surface area is 173 Å². The number of nitrogens with one attached hydrogen (secondary N) is 1. The van der Waals surface area contributed by atoms with Crippen molar-refractivity contribution in [2.75, 3.05) is 23.9 Å². The van der Waals surface area contributed by atoms with Gasteiger partial charge in [0, 0.05) is 18.3 Å². The van der Waals surface area contributed by atoms with E-state index in [1.807, 2.05) is 6.07 Å². The molecule has 6 nitrogen and oxygen atoms in total. The standard InChI is InChI=1S/C23H31N3O3/c1-8-26(15(4)5)21-13-17(14(2)3)12-20(25-21)22(27)24-18-9-10-19(16(6)11-18)23(28)29-7/h9-15H,8H2,1-7H3,(H,24,27). The third kappa shape index (κ3) is 5.34. The van der Waals surface area contributed by atoms with E-state index in [4.69, 9.17) is 4.74 Å². The van der Waals surface area contributed by atoms with Gasteiger partial charge in [0.1, 0.15) is 11.5 Å². The number of hydrogen-bond acceptors (Lipinski definition) is 5. The molecule has 0 fully saturated rings. The van der Waals surface area contributed by atoms with Crippen LogP contribution in [0.4, 0.5) is 11.5 Å². The molecular formula is C23H31N3O3. The summed E-state index contributed by atoms with van der Waals surface area (Å²) >= 11 is 0. The molecule has 0 saturated carbocycles. The highest BCUT2D eigenvalue weighted by Gasteiger charge is 2.18. The van der Waals surface area contributed by atoms with Crippen LogP contribution in [0.2, 0.25) is 0 Å². The summed E-state index contributed by atoms with van der Waals surface area (Å²) in [7, 11) is 1.35. The molecule has 0 atom stereocenters. The fraction of sp³-hybridized carbons (Fsp3) is 0.435. The Balaban J connectivity index is 2.36. The molecule has 1 N–H and O–H groups in total. The molecule has 156 valence electrons. The number of nitrogens with zero attached hydrogens (tertiary/aromatic N) is 2. The minimum absolute atomic E-state index is 0.274. The Bertz CT molecular complexity index is 891. The number of benzene rings is 1. The molecule has 6 heteroatoms. The Morgan fingerprint density at radius 2 is 1.83 bits per heavy atom. The van der Waals surface area contributed by atoms with Crippen LogP contribution in [0.25, 0.3) is 0 Å². The fourth-order valence-corrected chi connectivity index (χ4v) is 3.20. The van der Waals surface area contributed by atoms with E-state index in [9.17, 15) is 9.59 Å². The SMILES string of the molecule is CCN(c1cc(C(C)C)cc(C(=O)Nc2ccc(C(=O)OC)c(C)c2)n1)C(C)C. The van der Waals surface area contributed by atoms with Gasteiger partial charge in [-0.15, -0.1) is 0 Å². The fourth-order valence-electron chi connectivity index (χ4n) is 3.20. The molecule has 0 aliphatic heterocycles. The zero-order valence-corrected chi connectivity index (χ0v) is 18.4. The van der Waals surface area contributed by atoms with Crippen molar-refractivity contribution in [3.05, 3.63) is 52.7 Å².